The van der Waals surface area contributed by atoms with Crippen molar-refractivity contribution in [2.45, 2.75) is 19.8 Å². The molecule has 1 aliphatic carbocycles. The van der Waals surface area contributed by atoms with Crippen molar-refractivity contribution in [3.05, 3.63) is 76.5 Å². The van der Waals surface area contributed by atoms with E-state index < -0.39 is 18.4 Å². The molecule has 7 nitrogen and oxygen atoms in total. The molecule has 0 radical (unpaired) electrons. The van der Waals surface area contributed by atoms with Gasteiger partial charge in [0.25, 0.3) is 0 Å². The van der Waals surface area contributed by atoms with Crippen LogP contribution in [0.5, 0.6) is 0 Å². The summed E-state index contributed by atoms with van der Waals surface area (Å²) < 4.78 is 10.7. The first kappa shape index (κ1) is 20.1. The second-order valence-corrected chi connectivity index (χ2v) is 7.19. The molecular formula is C24H19N3O4. The van der Waals surface area contributed by atoms with Gasteiger partial charge in [-0.3, -0.25) is 4.79 Å². The highest BCUT2D eigenvalue weighted by molar-refractivity contribution is 6.08. The van der Waals surface area contributed by atoms with Crippen molar-refractivity contribution >= 4 is 34.3 Å². The van der Waals surface area contributed by atoms with Crippen molar-refractivity contribution in [1.82, 2.24) is 4.98 Å². The number of carbonyl (C=O) groups is 2. The van der Waals surface area contributed by atoms with Gasteiger partial charge in [-0.25, -0.2) is 9.78 Å². The number of nitrogens with zero attached hydrogens (tertiary/aromatic N) is 2. The number of pyridine rings is 1. The summed E-state index contributed by atoms with van der Waals surface area (Å²) in [6.07, 6.45) is 4.83. The van der Waals surface area contributed by atoms with Crippen molar-refractivity contribution in [2.75, 3.05) is 6.61 Å². The summed E-state index contributed by atoms with van der Waals surface area (Å²) >= 11 is 0. The van der Waals surface area contributed by atoms with Gasteiger partial charge in [-0.15, -0.1) is 0 Å². The van der Waals surface area contributed by atoms with E-state index in [1.165, 1.54) is 6.92 Å². The lowest BCUT2D eigenvalue weighted by molar-refractivity contribution is -0.118. The van der Waals surface area contributed by atoms with Crippen LogP contribution in [-0.2, 0) is 16.0 Å². The van der Waals surface area contributed by atoms with E-state index in [9.17, 15) is 9.59 Å². The zero-order valence-electron chi connectivity index (χ0n) is 16.8. The summed E-state index contributed by atoms with van der Waals surface area (Å²) in [4.78, 5) is 30.0. The summed E-state index contributed by atoms with van der Waals surface area (Å²) in [7, 11) is 0. The molecule has 0 unspecified atom stereocenters. The van der Waals surface area contributed by atoms with Crippen LogP contribution in [0, 0.1) is 11.3 Å². The Balaban J connectivity index is 1.73. The molecule has 1 aromatic carbocycles. The first-order valence-corrected chi connectivity index (χ1v) is 9.72. The third-order valence-electron chi connectivity index (χ3n) is 5.12. The fourth-order valence-corrected chi connectivity index (χ4v) is 3.70. The standard InChI is InChI=1S/C24H19N3O4/c1-14(26)19(12-25)21(28)13-31-24(29)22-17-6-2-3-7-20(17)27-23-15(8-9-18(22)23)11-16-5-4-10-30-16/h2-7,10-11H,8-9,13,26H2,1H3/b15-11-,19-14-. The predicted octanol–water partition coefficient (Wildman–Crippen LogP) is 3.80. The lowest BCUT2D eigenvalue weighted by Gasteiger charge is -2.12. The zero-order valence-corrected chi connectivity index (χ0v) is 16.8. The predicted molar refractivity (Wildman–Crippen MR) is 114 cm³/mol. The average molecular weight is 413 g/mol. The number of allylic oxidation sites excluding steroid dienone is 2. The van der Waals surface area contributed by atoms with Gasteiger partial charge in [0.1, 0.15) is 17.4 Å². The normalized spacial score (nSPS) is 14.8. The molecule has 0 saturated carbocycles. The highest BCUT2D eigenvalue weighted by atomic mass is 16.5. The van der Waals surface area contributed by atoms with Crippen LogP contribution < -0.4 is 5.73 Å². The fraction of sp³-hybridized carbons (Fsp3) is 0.167. The van der Waals surface area contributed by atoms with E-state index in [0.29, 0.717) is 35.1 Å². The molecule has 7 heteroatoms. The maximum atomic E-state index is 13.1. The van der Waals surface area contributed by atoms with Gasteiger partial charge in [0.05, 0.1) is 23.0 Å². The van der Waals surface area contributed by atoms with Crippen LogP contribution in [-0.4, -0.2) is 23.3 Å². The molecule has 0 spiro atoms. The number of benzene rings is 1. The van der Waals surface area contributed by atoms with Gasteiger partial charge in [-0.05, 0) is 55.2 Å². The van der Waals surface area contributed by atoms with Gasteiger partial charge < -0.3 is 14.9 Å². The number of nitrogens with two attached hydrogens (primary N) is 1. The number of ether oxygens (including phenoxy) is 1. The molecular weight excluding hydrogens is 394 g/mol. The highest BCUT2D eigenvalue weighted by Gasteiger charge is 2.28. The van der Waals surface area contributed by atoms with E-state index in [1.54, 1.807) is 18.4 Å². The van der Waals surface area contributed by atoms with Crippen molar-refractivity contribution in [3.8, 4) is 6.07 Å². The zero-order chi connectivity index (χ0) is 22.0. The van der Waals surface area contributed by atoms with Crippen molar-refractivity contribution in [2.24, 2.45) is 5.73 Å². The lowest BCUT2D eigenvalue weighted by atomic mass is 10.0. The van der Waals surface area contributed by atoms with E-state index in [2.05, 4.69) is 0 Å². The Bertz CT molecular complexity index is 1290. The maximum absolute atomic E-state index is 13.1. The molecule has 0 fully saturated rings. The van der Waals surface area contributed by atoms with Crippen LogP contribution in [0.1, 0.15) is 40.7 Å². The Hall–Kier alpha value is -4.18. The Morgan fingerprint density at radius 2 is 2.06 bits per heavy atom. The molecule has 0 saturated heterocycles. The number of fused-ring (bicyclic) bond motifs is 2. The van der Waals surface area contributed by atoms with Crippen LogP contribution in [0.25, 0.3) is 22.6 Å². The van der Waals surface area contributed by atoms with Gasteiger partial charge >= 0.3 is 5.97 Å². The number of esters is 1. The molecule has 0 amide bonds. The van der Waals surface area contributed by atoms with Gasteiger partial charge in [0, 0.05) is 11.1 Å². The average Bonchev–Trinajstić information content (AvgIpc) is 3.41. The minimum Gasteiger partial charge on any atom is -0.465 e. The highest BCUT2D eigenvalue weighted by Crippen LogP contribution is 2.37. The molecule has 0 bridgehead atoms. The Labute approximate surface area is 178 Å². The molecule has 1 aliphatic rings. The Morgan fingerprint density at radius 3 is 2.77 bits per heavy atom. The second-order valence-electron chi connectivity index (χ2n) is 7.19. The van der Waals surface area contributed by atoms with Crippen LogP contribution in [0.15, 0.2) is 58.3 Å². The van der Waals surface area contributed by atoms with E-state index in [0.717, 1.165) is 16.8 Å². The van der Waals surface area contributed by atoms with Crippen LogP contribution in [0.4, 0.5) is 0 Å². The number of ketones is 1. The molecule has 3 aromatic rings. The molecule has 2 heterocycles. The first-order valence-electron chi connectivity index (χ1n) is 9.72. The molecule has 0 atom stereocenters. The molecule has 31 heavy (non-hydrogen) atoms. The third-order valence-corrected chi connectivity index (χ3v) is 5.12. The number of hydrogen-bond donors (Lipinski definition) is 1. The van der Waals surface area contributed by atoms with Crippen molar-refractivity contribution < 1.29 is 18.7 Å². The Morgan fingerprint density at radius 1 is 1.26 bits per heavy atom. The summed E-state index contributed by atoms with van der Waals surface area (Å²) in [5.74, 6) is -0.556. The SMILES string of the molecule is C/C(N)=C(\C#N)C(=O)COC(=O)c1c2c(nc3ccccc13)/C(=C\c1ccco1)CC2. The minimum absolute atomic E-state index is 0.0894. The topological polar surface area (TPSA) is 119 Å². The number of nitriles is 1. The van der Waals surface area contributed by atoms with Gasteiger partial charge in [0.15, 0.2) is 6.61 Å². The van der Waals surface area contributed by atoms with Crippen LogP contribution in [0.3, 0.4) is 0 Å². The molecule has 154 valence electrons. The molecule has 2 N–H and O–H groups in total. The summed E-state index contributed by atoms with van der Waals surface area (Å²) in [6, 6.07) is 12.7. The van der Waals surface area contributed by atoms with E-state index in [-0.39, 0.29) is 11.3 Å². The van der Waals surface area contributed by atoms with E-state index >= 15 is 0 Å². The third kappa shape index (κ3) is 3.83. The van der Waals surface area contributed by atoms with Gasteiger partial charge in [0.2, 0.25) is 5.78 Å². The monoisotopic (exact) mass is 413 g/mol. The smallest absolute Gasteiger partial charge is 0.339 e. The van der Waals surface area contributed by atoms with Crippen LogP contribution >= 0.6 is 0 Å². The van der Waals surface area contributed by atoms with Gasteiger partial charge in [-0.2, -0.15) is 5.26 Å². The fourth-order valence-electron chi connectivity index (χ4n) is 3.70. The number of furan rings is 1. The quantitative estimate of drug-likeness (QED) is 0.384. The number of Topliss-reactive ketones (excluding diaryl/α,β-unsaturated/α-hetero) is 1. The maximum Gasteiger partial charge on any atom is 0.339 e. The van der Waals surface area contributed by atoms with Crippen molar-refractivity contribution in [1.29, 1.82) is 5.26 Å². The first-order chi connectivity index (χ1) is 15.0. The largest absolute Gasteiger partial charge is 0.465 e. The number of para-hydroxylation sites is 1. The minimum atomic E-state index is -0.635. The Kier molecular flexibility index (Phi) is 5.37. The summed E-state index contributed by atoms with van der Waals surface area (Å²) in [5.41, 5.74) is 8.96. The van der Waals surface area contributed by atoms with E-state index in [1.807, 2.05) is 36.4 Å². The van der Waals surface area contributed by atoms with Crippen LogP contribution in [0.2, 0.25) is 0 Å². The van der Waals surface area contributed by atoms with E-state index in [4.69, 9.17) is 25.1 Å². The second kappa shape index (κ2) is 8.28. The number of hydrogen-bond acceptors (Lipinski definition) is 7. The van der Waals surface area contributed by atoms with Gasteiger partial charge in [-0.1, -0.05) is 18.2 Å². The number of carbonyl (C=O) groups excluding carboxylic acids is 2. The van der Waals surface area contributed by atoms with Crippen molar-refractivity contribution in [3.63, 3.8) is 0 Å². The molecule has 4 rings (SSSR count). The summed E-state index contributed by atoms with van der Waals surface area (Å²) in [5, 5.41) is 9.74. The summed E-state index contributed by atoms with van der Waals surface area (Å²) in [6.45, 7) is 0.894. The molecule has 2 aromatic heterocycles. The number of rotatable bonds is 5. The molecule has 0 aliphatic heterocycles. The number of aromatic nitrogens is 1. The lowest BCUT2D eigenvalue weighted by Crippen LogP contribution is -2.19.